The fourth-order valence-corrected chi connectivity index (χ4v) is 4.52. The topological polar surface area (TPSA) is 54.9 Å². The Labute approximate surface area is 193 Å². The molecule has 29 heavy (non-hydrogen) atoms. The van der Waals surface area contributed by atoms with E-state index in [0.29, 0.717) is 18.8 Å². The van der Waals surface area contributed by atoms with Crippen LogP contribution in [0.15, 0.2) is 29.3 Å². The molecule has 0 spiro atoms. The van der Waals surface area contributed by atoms with E-state index in [0.717, 1.165) is 50.4 Å². The number of benzene rings is 1. The van der Waals surface area contributed by atoms with Crippen LogP contribution in [0.5, 0.6) is 0 Å². The van der Waals surface area contributed by atoms with Crippen molar-refractivity contribution in [3.05, 3.63) is 35.4 Å². The van der Waals surface area contributed by atoms with Crippen molar-refractivity contribution in [3.63, 3.8) is 0 Å². The summed E-state index contributed by atoms with van der Waals surface area (Å²) in [6.45, 7) is 7.79. The normalized spacial score (nSPS) is 25.9. The van der Waals surface area contributed by atoms with Gasteiger partial charge in [-0.2, -0.15) is 0 Å². The molecule has 2 aliphatic rings. The molecule has 5 nitrogen and oxygen atoms in total. The average Bonchev–Trinajstić information content (AvgIpc) is 2.70. The molecule has 2 atom stereocenters. The number of ether oxygens (including phenoxy) is 2. The summed E-state index contributed by atoms with van der Waals surface area (Å²) in [5.74, 6) is 2.47. The Kier molecular flexibility index (Phi) is 10.7. The maximum Gasteiger partial charge on any atom is 0.191 e. The maximum absolute atomic E-state index is 6.05. The Bertz CT molecular complexity index is 624. The maximum atomic E-state index is 6.05. The van der Waals surface area contributed by atoms with E-state index >= 15 is 0 Å². The number of halogens is 1. The molecule has 3 rings (SSSR count). The van der Waals surface area contributed by atoms with Gasteiger partial charge in [0.15, 0.2) is 5.96 Å². The second-order valence-corrected chi connectivity index (χ2v) is 8.63. The van der Waals surface area contributed by atoms with Gasteiger partial charge in [-0.15, -0.1) is 24.0 Å². The fraction of sp³-hybridized carbons (Fsp3) is 0.696. The molecule has 164 valence electrons. The third-order valence-electron chi connectivity index (χ3n) is 5.85. The summed E-state index contributed by atoms with van der Waals surface area (Å²) in [7, 11) is 1.85. The molecule has 2 unspecified atom stereocenters. The number of guanidine groups is 1. The van der Waals surface area contributed by atoms with Crippen molar-refractivity contribution >= 4 is 29.9 Å². The number of nitrogens with zero attached hydrogens (tertiary/aromatic N) is 1. The second-order valence-electron chi connectivity index (χ2n) is 8.63. The Morgan fingerprint density at radius 2 is 1.79 bits per heavy atom. The van der Waals surface area contributed by atoms with Crippen molar-refractivity contribution in [2.45, 2.75) is 71.2 Å². The monoisotopic (exact) mass is 515 g/mol. The zero-order valence-electron chi connectivity index (χ0n) is 18.2. The molecule has 1 aromatic rings. The number of rotatable bonds is 6. The Morgan fingerprint density at radius 1 is 1.10 bits per heavy atom. The molecule has 0 amide bonds. The minimum atomic E-state index is 0. The zero-order valence-corrected chi connectivity index (χ0v) is 20.5. The van der Waals surface area contributed by atoms with Gasteiger partial charge in [0.05, 0.1) is 12.7 Å². The quantitative estimate of drug-likeness (QED) is 0.333. The van der Waals surface area contributed by atoms with Crippen molar-refractivity contribution in [2.75, 3.05) is 20.3 Å². The molecule has 2 fully saturated rings. The number of hydrogen-bond donors (Lipinski definition) is 2. The lowest BCUT2D eigenvalue weighted by atomic mass is 9.80. The van der Waals surface area contributed by atoms with Crippen LogP contribution < -0.4 is 10.6 Å². The van der Waals surface area contributed by atoms with Gasteiger partial charge in [-0.25, -0.2) is 0 Å². The summed E-state index contributed by atoms with van der Waals surface area (Å²) in [6, 6.07) is 9.15. The first-order valence-corrected chi connectivity index (χ1v) is 10.9. The predicted octanol–water partition coefficient (Wildman–Crippen LogP) is 4.49. The highest BCUT2D eigenvalue weighted by molar-refractivity contribution is 14.0. The smallest absolute Gasteiger partial charge is 0.191 e. The van der Waals surface area contributed by atoms with Crippen LogP contribution in [0.3, 0.4) is 0 Å². The summed E-state index contributed by atoms with van der Waals surface area (Å²) < 4.78 is 11.5. The Morgan fingerprint density at radius 3 is 2.48 bits per heavy atom. The highest BCUT2D eigenvalue weighted by atomic mass is 127. The van der Waals surface area contributed by atoms with Gasteiger partial charge in [0.1, 0.15) is 0 Å². The van der Waals surface area contributed by atoms with E-state index < -0.39 is 0 Å². The van der Waals surface area contributed by atoms with Gasteiger partial charge in [-0.3, -0.25) is 4.99 Å². The minimum absolute atomic E-state index is 0. The molecule has 0 radical (unpaired) electrons. The van der Waals surface area contributed by atoms with Gasteiger partial charge in [-0.1, -0.05) is 38.1 Å². The van der Waals surface area contributed by atoms with E-state index in [1.54, 1.807) is 0 Å². The van der Waals surface area contributed by atoms with E-state index in [4.69, 9.17) is 9.47 Å². The highest BCUT2D eigenvalue weighted by Crippen LogP contribution is 2.28. The number of aliphatic imine (C=N–C) groups is 1. The Balaban J connectivity index is 0.00000300. The molecule has 1 aromatic carbocycles. The van der Waals surface area contributed by atoms with E-state index in [1.165, 1.54) is 30.4 Å². The highest BCUT2D eigenvalue weighted by Gasteiger charge is 2.24. The standard InChI is InChI=1S/C23H37N3O2.HI/c1-17-11-18(2)13-21(12-17)26-23(24-3)25-15-19-5-4-6-20(14-19)16-28-22-7-9-27-10-8-22;/h4-6,14,17-18,21-22H,7-13,15-16H2,1-3H3,(H2,24,25,26);1H. The third-order valence-corrected chi connectivity index (χ3v) is 5.85. The average molecular weight is 515 g/mol. The molecule has 0 aromatic heterocycles. The van der Waals surface area contributed by atoms with Crippen molar-refractivity contribution < 1.29 is 9.47 Å². The van der Waals surface area contributed by atoms with Gasteiger partial charge >= 0.3 is 0 Å². The lowest BCUT2D eigenvalue weighted by Crippen LogP contribution is -2.45. The minimum Gasteiger partial charge on any atom is -0.381 e. The number of nitrogens with one attached hydrogen (secondary N) is 2. The van der Waals surface area contributed by atoms with E-state index in [1.807, 2.05) is 7.05 Å². The molecule has 6 heteroatoms. The summed E-state index contributed by atoms with van der Waals surface area (Å²) in [4.78, 5) is 4.43. The molecular weight excluding hydrogens is 477 g/mol. The van der Waals surface area contributed by atoms with Gasteiger partial charge in [0.25, 0.3) is 0 Å². The second kappa shape index (κ2) is 12.7. The summed E-state index contributed by atoms with van der Waals surface area (Å²) in [6.07, 6.45) is 6.13. The van der Waals surface area contributed by atoms with Crippen LogP contribution in [-0.2, 0) is 22.6 Å². The molecular formula is C23H38IN3O2. The van der Waals surface area contributed by atoms with Crippen molar-refractivity contribution in [1.82, 2.24) is 10.6 Å². The molecule has 2 N–H and O–H groups in total. The van der Waals surface area contributed by atoms with Gasteiger partial charge < -0.3 is 20.1 Å². The molecule has 1 heterocycles. The molecule has 1 saturated heterocycles. The summed E-state index contributed by atoms with van der Waals surface area (Å²) in [5, 5.41) is 7.10. The van der Waals surface area contributed by atoms with Gasteiger partial charge in [0.2, 0.25) is 0 Å². The van der Waals surface area contributed by atoms with Crippen molar-refractivity contribution in [1.29, 1.82) is 0 Å². The van der Waals surface area contributed by atoms with E-state index in [-0.39, 0.29) is 24.0 Å². The van der Waals surface area contributed by atoms with Gasteiger partial charge in [-0.05, 0) is 55.1 Å². The first kappa shape index (κ1) is 24.4. The van der Waals surface area contributed by atoms with Crippen LogP contribution in [0.2, 0.25) is 0 Å². The van der Waals surface area contributed by atoms with E-state index in [2.05, 4.69) is 53.7 Å². The zero-order chi connectivity index (χ0) is 19.8. The van der Waals surface area contributed by atoms with Crippen LogP contribution >= 0.6 is 24.0 Å². The fourth-order valence-electron chi connectivity index (χ4n) is 4.52. The molecule has 0 bridgehead atoms. The van der Waals surface area contributed by atoms with E-state index in [9.17, 15) is 0 Å². The molecule has 1 aliphatic heterocycles. The molecule has 1 saturated carbocycles. The van der Waals surface area contributed by atoms with Crippen LogP contribution in [0.1, 0.15) is 57.1 Å². The van der Waals surface area contributed by atoms with Crippen molar-refractivity contribution in [3.8, 4) is 0 Å². The van der Waals surface area contributed by atoms with Crippen LogP contribution in [0.25, 0.3) is 0 Å². The van der Waals surface area contributed by atoms with Gasteiger partial charge in [0, 0.05) is 32.8 Å². The lowest BCUT2D eigenvalue weighted by Gasteiger charge is -2.32. The van der Waals surface area contributed by atoms with Crippen LogP contribution in [0, 0.1) is 11.8 Å². The largest absolute Gasteiger partial charge is 0.381 e. The summed E-state index contributed by atoms with van der Waals surface area (Å²) in [5.41, 5.74) is 2.48. The third kappa shape index (κ3) is 8.42. The lowest BCUT2D eigenvalue weighted by molar-refractivity contribution is -0.0390. The summed E-state index contributed by atoms with van der Waals surface area (Å²) >= 11 is 0. The first-order valence-electron chi connectivity index (χ1n) is 10.9. The predicted molar refractivity (Wildman–Crippen MR) is 130 cm³/mol. The Hall–Kier alpha value is -0.860. The van der Waals surface area contributed by atoms with Crippen molar-refractivity contribution in [2.24, 2.45) is 16.8 Å². The number of hydrogen-bond acceptors (Lipinski definition) is 3. The molecule has 1 aliphatic carbocycles. The van der Waals surface area contributed by atoms with Crippen LogP contribution in [0.4, 0.5) is 0 Å². The van der Waals surface area contributed by atoms with Crippen LogP contribution in [-0.4, -0.2) is 38.4 Å². The SMILES string of the molecule is CN=C(NCc1cccc(COC2CCOCC2)c1)NC1CC(C)CC(C)C1.I. The first-order chi connectivity index (χ1) is 13.6.